The minimum atomic E-state index is -2.00. The van der Waals surface area contributed by atoms with Gasteiger partial charge in [0.05, 0.1) is 0 Å². The van der Waals surface area contributed by atoms with E-state index in [4.69, 9.17) is 6.65 Å². The summed E-state index contributed by atoms with van der Waals surface area (Å²) in [6, 6.07) is 0. The van der Waals surface area contributed by atoms with Gasteiger partial charge in [0.2, 0.25) is 0 Å². The first kappa shape index (κ1) is 9.41. The van der Waals surface area contributed by atoms with Gasteiger partial charge in [0.1, 0.15) is 0 Å². The van der Waals surface area contributed by atoms with E-state index >= 15 is 0 Å². The standard InChI is InChI=1S/Cu.2O.S.Ti. The van der Waals surface area contributed by atoms with Gasteiger partial charge in [-0.2, -0.15) is 0 Å². The topological polar surface area (TPSA) is 34.1 Å². The normalized spacial score (nSPS) is 2.80. The van der Waals surface area contributed by atoms with Crippen LogP contribution in [-0.4, -0.2) is 0 Å². The fraction of sp³-hybridized carbons (Fsp3) is 0. The molecule has 0 aromatic heterocycles. The second-order valence-corrected chi connectivity index (χ2v) is 0.344. The Bertz CT molecular complexity index is 38.9. The van der Waals surface area contributed by atoms with Gasteiger partial charge in [-0.3, -0.25) is 0 Å². The quantitative estimate of drug-likeness (QED) is 0.500. The van der Waals surface area contributed by atoms with Crippen LogP contribution >= 0.6 is 10.6 Å². The number of rotatable bonds is 0. The van der Waals surface area contributed by atoms with Crippen LogP contribution in [0.15, 0.2) is 0 Å². The van der Waals surface area contributed by atoms with Crippen LogP contribution in [0.1, 0.15) is 0 Å². The molecule has 0 aromatic rings. The molecule has 0 saturated heterocycles. The first-order valence-electron chi connectivity index (χ1n) is 0.531. The summed E-state index contributed by atoms with van der Waals surface area (Å²) in [6.07, 6.45) is 0. The summed E-state index contributed by atoms with van der Waals surface area (Å²) in [5.74, 6) is 0. The Labute approximate surface area is 50.6 Å². The molecule has 0 saturated carbocycles. The summed E-state index contributed by atoms with van der Waals surface area (Å²) in [7, 11) is 3.65. The van der Waals surface area contributed by atoms with Crippen molar-refractivity contribution in [1.29, 1.82) is 0 Å². The predicted molar refractivity (Wildman–Crippen MR) is 8.96 cm³/mol. The van der Waals surface area contributed by atoms with Crippen molar-refractivity contribution in [1.82, 2.24) is 0 Å². The molecule has 0 amide bonds. The van der Waals surface area contributed by atoms with E-state index in [0.29, 0.717) is 0 Å². The Kier molecular flexibility index (Phi) is 37.1. The van der Waals surface area contributed by atoms with Crippen molar-refractivity contribution < 1.29 is 40.1 Å². The Hall–Kier alpha value is 1.05. The van der Waals surface area contributed by atoms with E-state index in [2.05, 4.69) is 24.9 Å². The third-order valence-electron chi connectivity index (χ3n) is 0. The fourth-order valence-electron chi connectivity index (χ4n) is 0. The number of hydrogen-bond acceptors (Lipinski definition) is 3. The van der Waals surface area contributed by atoms with Crippen LogP contribution in [0.5, 0.6) is 0 Å². The van der Waals surface area contributed by atoms with Crippen molar-refractivity contribution in [3.05, 3.63) is 0 Å². The van der Waals surface area contributed by atoms with E-state index in [1.807, 2.05) is 0 Å². The zero-order valence-corrected chi connectivity index (χ0v) is 5.35. The average Bonchev–Trinajstić information content (AvgIpc) is 1.46. The van der Waals surface area contributed by atoms with Crippen molar-refractivity contribution in [2.75, 3.05) is 0 Å². The minimum absolute atomic E-state index is 2.00. The molecule has 2 nitrogen and oxygen atoms in total. The zero-order valence-electron chi connectivity index (χ0n) is 2.03. The van der Waals surface area contributed by atoms with Crippen molar-refractivity contribution in [2.45, 2.75) is 0 Å². The van der Waals surface area contributed by atoms with Gasteiger partial charge >= 0.3 is 50.7 Å². The molecule has 0 aliphatic rings. The van der Waals surface area contributed by atoms with Crippen molar-refractivity contribution in [3.63, 3.8) is 0 Å². The summed E-state index contributed by atoms with van der Waals surface area (Å²) >= 11 is 1.77. The Morgan fingerprint density at radius 3 is 1.40 bits per heavy atom. The second-order valence-electron chi connectivity index (χ2n) is 0.0833. The van der Waals surface area contributed by atoms with Crippen LogP contribution in [0.2, 0.25) is 0 Å². The van der Waals surface area contributed by atoms with Gasteiger partial charge in [-0.1, -0.05) is 0 Å². The molecule has 0 aliphatic heterocycles. The first-order chi connectivity index (χ1) is 2.41. The molecule has 0 aromatic carbocycles. The van der Waals surface area contributed by atoms with Crippen molar-refractivity contribution in [3.8, 4) is 0 Å². The summed E-state index contributed by atoms with van der Waals surface area (Å²) in [4.78, 5) is 0. The molecule has 0 atom stereocenters. The molecule has 0 rings (SSSR count). The van der Waals surface area contributed by atoms with Crippen molar-refractivity contribution >= 4 is 10.6 Å². The van der Waals surface area contributed by atoms with Gasteiger partial charge in [-0.05, 0) is 0 Å². The van der Waals surface area contributed by atoms with Gasteiger partial charge in [0.25, 0.3) is 0 Å². The first-order valence-corrected chi connectivity index (χ1v) is 3.21. The Balaban J connectivity index is 0. The fourth-order valence-corrected chi connectivity index (χ4v) is 0. The maximum absolute atomic E-state index is 8.50. The molecule has 0 N–H and O–H groups in total. The van der Waals surface area contributed by atoms with E-state index in [9.17, 15) is 0 Å². The summed E-state index contributed by atoms with van der Waals surface area (Å²) in [5.41, 5.74) is 0. The van der Waals surface area contributed by atoms with Gasteiger partial charge in [-0.25, -0.2) is 0 Å². The second kappa shape index (κ2) is 19.7. The van der Waals surface area contributed by atoms with Crippen LogP contribution < -0.4 is 0 Å². The molecule has 0 spiro atoms. The van der Waals surface area contributed by atoms with E-state index in [0.717, 1.165) is 0 Å². The molecule has 0 heterocycles. The third kappa shape index (κ3) is 42.4. The van der Waals surface area contributed by atoms with E-state index in [1.165, 1.54) is 0 Å². The van der Waals surface area contributed by atoms with Crippen LogP contribution in [-0.2, 0) is 40.1 Å². The molecule has 0 bridgehead atoms. The molecule has 0 unspecified atom stereocenters. The Morgan fingerprint density at radius 2 is 1.40 bits per heavy atom. The molecule has 0 radical (unpaired) electrons. The molecular formula is CuO2STi. The summed E-state index contributed by atoms with van der Waals surface area (Å²) in [5, 5.41) is 0. The Morgan fingerprint density at radius 1 is 1.40 bits per heavy atom. The van der Waals surface area contributed by atoms with Crippen LogP contribution in [0.4, 0.5) is 0 Å². The van der Waals surface area contributed by atoms with Crippen LogP contribution in [0, 0.1) is 0 Å². The molecular weight excluding hydrogens is 175 g/mol. The molecule has 33 valence electrons. The van der Waals surface area contributed by atoms with E-state index in [-0.39, 0.29) is 0 Å². The third-order valence-corrected chi connectivity index (χ3v) is 0. The monoisotopic (exact) mass is 175 g/mol. The van der Waals surface area contributed by atoms with E-state index in [1.54, 1.807) is 0 Å². The summed E-state index contributed by atoms with van der Waals surface area (Å²) in [6.45, 7) is 0. The summed E-state index contributed by atoms with van der Waals surface area (Å²) < 4.78 is 17.0. The van der Waals surface area contributed by atoms with Crippen LogP contribution in [0.3, 0.4) is 0 Å². The SMILES string of the molecule is [O]=[Ti]=[O].[S]=[Cu]. The van der Waals surface area contributed by atoms with Gasteiger partial charge in [0, 0.05) is 0 Å². The molecule has 5 heteroatoms. The maximum atomic E-state index is 8.50. The molecule has 5 heavy (non-hydrogen) atoms. The average molecular weight is 175 g/mol. The molecule has 0 fully saturated rings. The van der Waals surface area contributed by atoms with Gasteiger partial charge in [0.15, 0.2) is 0 Å². The van der Waals surface area contributed by atoms with Gasteiger partial charge < -0.3 is 0 Å². The zero-order chi connectivity index (χ0) is 4.71. The number of hydrogen-bond donors (Lipinski definition) is 0. The van der Waals surface area contributed by atoms with Crippen molar-refractivity contribution in [2.24, 2.45) is 0 Å². The van der Waals surface area contributed by atoms with Gasteiger partial charge in [-0.15, -0.1) is 0 Å². The molecule has 0 aliphatic carbocycles. The van der Waals surface area contributed by atoms with E-state index < -0.39 is 19.1 Å². The van der Waals surface area contributed by atoms with Crippen LogP contribution in [0.25, 0.3) is 0 Å². The predicted octanol–water partition coefficient (Wildman–Crippen LogP) is 0.406.